The maximum Gasteiger partial charge on any atom is 0.330 e. The molecule has 0 heterocycles. The van der Waals surface area contributed by atoms with E-state index in [0.717, 1.165) is 31.2 Å². The summed E-state index contributed by atoms with van der Waals surface area (Å²) in [6, 6.07) is 6.71. The third-order valence-corrected chi connectivity index (χ3v) is 8.08. The van der Waals surface area contributed by atoms with E-state index < -0.39 is 5.97 Å². The van der Waals surface area contributed by atoms with Crippen LogP contribution in [0.3, 0.4) is 0 Å². The lowest BCUT2D eigenvalue weighted by atomic mass is 10.0. The molecule has 0 unspecified atom stereocenters. The molecule has 1 aromatic carbocycles. The van der Waals surface area contributed by atoms with Gasteiger partial charge >= 0.3 is 11.9 Å². The van der Waals surface area contributed by atoms with E-state index in [2.05, 4.69) is 0 Å². The van der Waals surface area contributed by atoms with E-state index in [1.54, 1.807) is 30.3 Å². The van der Waals surface area contributed by atoms with Gasteiger partial charge in [0.15, 0.2) is 0 Å². The van der Waals surface area contributed by atoms with Crippen molar-refractivity contribution in [3.05, 3.63) is 35.9 Å². The number of ether oxygens (including phenoxy) is 1. The highest BCUT2D eigenvalue weighted by Crippen LogP contribution is 2.16. The second-order valence-corrected chi connectivity index (χ2v) is 12.1. The zero-order valence-corrected chi connectivity index (χ0v) is 26.7. The van der Waals surface area contributed by atoms with Gasteiger partial charge in [0.05, 0.1) is 6.61 Å². The van der Waals surface area contributed by atoms with Gasteiger partial charge in [-0.2, -0.15) is 0 Å². The van der Waals surface area contributed by atoms with Gasteiger partial charge in [-0.1, -0.05) is 160 Å². The molecule has 5 heteroatoms. The molecule has 0 saturated heterocycles. The summed E-state index contributed by atoms with van der Waals surface area (Å²) in [5.74, 6) is -0.753. The van der Waals surface area contributed by atoms with Crippen LogP contribution in [0.1, 0.15) is 173 Å². The van der Waals surface area contributed by atoms with Gasteiger partial charge in [-0.3, -0.25) is 4.79 Å². The molecule has 0 aliphatic heterocycles. The lowest BCUT2D eigenvalue weighted by Gasteiger charge is -2.05. The molecule has 0 aliphatic rings. The number of hydrogen-bond acceptors (Lipinski definition) is 4. The molecule has 0 saturated carbocycles. The first-order valence-corrected chi connectivity index (χ1v) is 17.4. The van der Waals surface area contributed by atoms with Gasteiger partial charge in [0.1, 0.15) is 5.75 Å². The molecule has 0 amide bonds. The number of carbonyl (C=O) groups excluding carboxylic acids is 1. The van der Waals surface area contributed by atoms with Crippen molar-refractivity contribution in [2.24, 2.45) is 0 Å². The fourth-order valence-electron chi connectivity index (χ4n) is 5.41. The lowest BCUT2D eigenvalue weighted by molar-refractivity contribution is -0.138. The van der Waals surface area contributed by atoms with E-state index in [1.807, 2.05) is 0 Å². The molecule has 0 radical (unpaired) electrons. The molecule has 1 aromatic rings. The Kier molecular flexibility index (Phi) is 25.9. The number of aliphatic carboxylic acids is 1. The smallest absolute Gasteiger partial charge is 0.330 e. The Morgan fingerprint density at radius 1 is 0.524 bits per heavy atom. The van der Waals surface area contributed by atoms with Crippen molar-refractivity contribution in [3.8, 4) is 5.75 Å². The van der Waals surface area contributed by atoms with Gasteiger partial charge in [0.2, 0.25) is 0 Å². The van der Waals surface area contributed by atoms with Gasteiger partial charge in [-0.15, -0.1) is 0 Å². The molecule has 0 aromatic heterocycles. The highest BCUT2D eigenvalue weighted by molar-refractivity contribution is 5.87. The summed E-state index contributed by atoms with van der Waals surface area (Å²) in [7, 11) is 0. The summed E-state index contributed by atoms with van der Waals surface area (Å²) in [6.45, 7) is 0.487. The topological polar surface area (TPSA) is 83.8 Å². The van der Waals surface area contributed by atoms with E-state index in [-0.39, 0.29) is 11.7 Å². The third-order valence-electron chi connectivity index (χ3n) is 8.08. The monoisotopic (exact) mass is 586 g/mol. The molecular formula is C37H62O5. The summed E-state index contributed by atoms with van der Waals surface area (Å²) >= 11 is 0. The van der Waals surface area contributed by atoms with Crippen LogP contribution in [-0.2, 0) is 14.3 Å². The maximum absolute atomic E-state index is 11.8. The first kappa shape index (κ1) is 37.7. The lowest BCUT2D eigenvalue weighted by Crippen LogP contribution is -2.02. The average Bonchev–Trinajstić information content (AvgIpc) is 2.98. The van der Waals surface area contributed by atoms with Crippen LogP contribution in [0.2, 0.25) is 0 Å². The molecule has 42 heavy (non-hydrogen) atoms. The number of aromatic hydroxyl groups is 1. The Morgan fingerprint density at radius 3 is 1.21 bits per heavy atom. The second-order valence-electron chi connectivity index (χ2n) is 12.1. The predicted octanol–water partition coefficient (Wildman–Crippen LogP) is 11.2. The van der Waals surface area contributed by atoms with Crippen molar-refractivity contribution in [2.75, 3.05) is 6.61 Å². The number of hydrogen-bond donors (Lipinski definition) is 2. The Hall–Kier alpha value is -2.30. The van der Waals surface area contributed by atoms with E-state index >= 15 is 0 Å². The Labute approximate surface area is 257 Å². The normalized spacial score (nSPS) is 11.3. The van der Waals surface area contributed by atoms with Crippen LogP contribution in [0.4, 0.5) is 0 Å². The van der Waals surface area contributed by atoms with Crippen LogP contribution in [0.15, 0.2) is 30.3 Å². The van der Waals surface area contributed by atoms with Gasteiger partial charge in [0, 0.05) is 12.5 Å². The van der Waals surface area contributed by atoms with Crippen molar-refractivity contribution in [1.29, 1.82) is 0 Å². The van der Waals surface area contributed by atoms with Crippen LogP contribution < -0.4 is 0 Å². The summed E-state index contributed by atoms with van der Waals surface area (Å²) in [5.41, 5.74) is 0.862. The molecule has 0 spiro atoms. The summed E-state index contributed by atoms with van der Waals surface area (Å²) in [5, 5.41) is 17.9. The fraction of sp³-hybridized carbons (Fsp3) is 0.730. The van der Waals surface area contributed by atoms with Crippen LogP contribution in [0, 0.1) is 0 Å². The number of carbonyl (C=O) groups is 2. The molecule has 0 bridgehead atoms. The van der Waals surface area contributed by atoms with E-state index in [4.69, 9.17) is 9.84 Å². The Balaban J connectivity index is 1.69. The molecular weight excluding hydrogens is 524 g/mol. The van der Waals surface area contributed by atoms with Crippen LogP contribution >= 0.6 is 0 Å². The van der Waals surface area contributed by atoms with Gasteiger partial charge in [0.25, 0.3) is 0 Å². The van der Waals surface area contributed by atoms with Crippen LogP contribution in [0.5, 0.6) is 5.75 Å². The fourth-order valence-corrected chi connectivity index (χ4v) is 5.41. The number of benzene rings is 1. The number of phenols is 1. The largest absolute Gasteiger partial charge is 0.508 e. The molecule has 240 valence electrons. The highest BCUT2D eigenvalue weighted by Gasteiger charge is 2.00. The average molecular weight is 587 g/mol. The molecule has 0 fully saturated rings. The Bertz CT molecular complexity index is 786. The zero-order chi connectivity index (χ0) is 30.4. The minimum Gasteiger partial charge on any atom is -0.508 e. The summed E-state index contributed by atoms with van der Waals surface area (Å²) in [6.07, 6.45) is 35.9. The highest BCUT2D eigenvalue weighted by atomic mass is 16.5. The SMILES string of the molecule is O=C(O)CCCCCCCCCCCCCCCCCCCCCCCCCCCOC(=O)/C=C/c1ccc(O)cc1. The summed E-state index contributed by atoms with van der Waals surface area (Å²) in [4.78, 5) is 22.2. The summed E-state index contributed by atoms with van der Waals surface area (Å²) < 4.78 is 5.26. The molecule has 0 atom stereocenters. The standard InChI is InChI=1S/C37H62O5/c38-35-30-27-34(28-31-35)29-32-37(41)42-33-25-23-21-19-17-15-13-11-9-7-5-3-1-2-4-6-8-10-12-14-16-18-20-22-24-26-36(39)40/h27-32,38H,1-26,33H2,(H,39,40)/b32-29+. The number of phenolic OH excluding ortho intramolecular Hbond substituents is 1. The quantitative estimate of drug-likeness (QED) is 0.0532. The maximum atomic E-state index is 11.8. The minimum absolute atomic E-state index is 0.216. The van der Waals surface area contributed by atoms with Gasteiger partial charge in [-0.25, -0.2) is 4.79 Å². The van der Waals surface area contributed by atoms with E-state index in [9.17, 15) is 14.7 Å². The van der Waals surface area contributed by atoms with Crippen molar-refractivity contribution in [2.45, 2.75) is 167 Å². The number of unbranched alkanes of at least 4 members (excludes halogenated alkanes) is 24. The first-order chi connectivity index (χ1) is 20.6. The van der Waals surface area contributed by atoms with Crippen molar-refractivity contribution >= 4 is 18.0 Å². The third kappa shape index (κ3) is 26.6. The van der Waals surface area contributed by atoms with E-state index in [0.29, 0.717) is 13.0 Å². The molecule has 2 N–H and O–H groups in total. The van der Waals surface area contributed by atoms with Crippen LogP contribution in [0.25, 0.3) is 6.08 Å². The minimum atomic E-state index is -0.661. The number of carboxylic acid groups (broad SMARTS) is 1. The first-order valence-electron chi connectivity index (χ1n) is 17.4. The van der Waals surface area contributed by atoms with Gasteiger partial charge < -0.3 is 14.9 Å². The number of rotatable bonds is 30. The zero-order valence-electron chi connectivity index (χ0n) is 26.7. The number of esters is 1. The predicted molar refractivity (Wildman–Crippen MR) is 176 cm³/mol. The van der Waals surface area contributed by atoms with Crippen LogP contribution in [-0.4, -0.2) is 28.8 Å². The van der Waals surface area contributed by atoms with Crippen molar-refractivity contribution in [3.63, 3.8) is 0 Å². The molecule has 1 rings (SSSR count). The van der Waals surface area contributed by atoms with Crippen molar-refractivity contribution in [1.82, 2.24) is 0 Å². The Morgan fingerprint density at radius 2 is 0.857 bits per heavy atom. The molecule has 0 aliphatic carbocycles. The van der Waals surface area contributed by atoms with Crippen molar-refractivity contribution < 1.29 is 24.5 Å². The van der Waals surface area contributed by atoms with E-state index in [1.165, 1.54) is 141 Å². The second kappa shape index (κ2) is 28.8. The number of carboxylic acids is 1. The van der Waals surface area contributed by atoms with Gasteiger partial charge in [-0.05, 0) is 36.6 Å². The molecule has 5 nitrogen and oxygen atoms in total.